The average Bonchev–Trinajstić information content (AvgIpc) is 2.35. The SMILES string of the molecule is CC1CC(C)(C)CC(CO)(NCc2ccccc2)C1. The van der Waals surface area contributed by atoms with Crippen molar-refractivity contribution in [2.45, 2.75) is 52.1 Å². The zero-order valence-corrected chi connectivity index (χ0v) is 12.4. The van der Waals surface area contributed by atoms with Gasteiger partial charge in [0.25, 0.3) is 0 Å². The van der Waals surface area contributed by atoms with E-state index in [1.165, 1.54) is 12.0 Å². The van der Waals surface area contributed by atoms with Crippen LogP contribution in [0.4, 0.5) is 0 Å². The fourth-order valence-corrected chi connectivity index (χ4v) is 3.94. The molecule has 0 bridgehead atoms. The molecule has 2 nitrogen and oxygen atoms in total. The normalized spacial score (nSPS) is 30.2. The maximum Gasteiger partial charge on any atom is 0.0613 e. The van der Waals surface area contributed by atoms with Gasteiger partial charge >= 0.3 is 0 Å². The Bertz CT molecular complexity index is 401. The van der Waals surface area contributed by atoms with Crippen LogP contribution in [0.2, 0.25) is 0 Å². The predicted molar refractivity (Wildman–Crippen MR) is 79.9 cm³/mol. The molecular weight excluding hydrogens is 234 g/mol. The zero-order chi connectivity index (χ0) is 13.9. The Morgan fingerprint density at radius 1 is 1.21 bits per heavy atom. The number of hydrogen-bond donors (Lipinski definition) is 2. The van der Waals surface area contributed by atoms with Gasteiger partial charge in [0.2, 0.25) is 0 Å². The van der Waals surface area contributed by atoms with Crippen molar-refractivity contribution in [3.05, 3.63) is 35.9 Å². The molecule has 0 radical (unpaired) electrons. The van der Waals surface area contributed by atoms with E-state index in [1.54, 1.807) is 0 Å². The number of nitrogens with one attached hydrogen (secondary N) is 1. The van der Waals surface area contributed by atoms with Crippen molar-refractivity contribution < 1.29 is 5.11 Å². The van der Waals surface area contributed by atoms with Gasteiger partial charge < -0.3 is 10.4 Å². The van der Waals surface area contributed by atoms with Crippen molar-refractivity contribution in [3.8, 4) is 0 Å². The van der Waals surface area contributed by atoms with Gasteiger partial charge in [0, 0.05) is 12.1 Å². The highest BCUT2D eigenvalue weighted by molar-refractivity contribution is 5.15. The summed E-state index contributed by atoms with van der Waals surface area (Å²) in [5, 5.41) is 13.5. The smallest absolute Gasteiger partial charge is 0.0613 e. The summed E-state index contributed by atoms with van der Waals surface area (Å²) >= 11 is 0. The molecule has 2 N–H and O–H groups in total. The van der Waals surface area contributed by atoms with E-state index < -0.39 is 0 Å². The molecule has 2 atom stereocenters. The van der Waals surface area contributed by atoms with Gasteiger partial charge in [-0.3, -0.25) is 0 Å². The quantitative estimate of drug-likeness (QED) is 0.871. The molecule has 2 heteroatoms. The molecule has 0 saturated heterocycles. The van der Waals surface area contributed by atoms with Crippen LogP contribution < -0.4 is 5.32 Å². The second-order valence-corrected chi connectivity index (χ2v) is 7.13. The molecular formula is C17H27NO. The van der Waals surface area contributed by atoms with Crippen LogP contribution in [-0.2, 0) is 6.54 Å². The predicted octanol–water partition coefficient (Wildman–Crippen LogP) is 3.35. The fourth-order valence-electron chi connectivity index (χ4n) is 3.94. The number of rotatable bonds is 4. The van der Waals surface area contributed by atoms with E-state index >= 15 is 0 Å². The highest BCUT2D eigenvalue weighted by Gasteiger charge is 2.42. The minimum absolute atomic E-state index is 0.114. The Kier molecular flexibility index (Phi) is 4.32. The highest BCUT2D eigenvalue weighted by atomic mass is 16.3. The van der Waals surface area contributed by atoms with Crippen molar-refractivity contribution in [3.63, 3.8) is 0 Å². The molecule has 1 aliphatic rings. The molecule has 1 aliphatic carbocycles. The van der Waals surface area contributed by atoms with Gasteiger partial charge in [-0.25, -0.2) is 0 Å². The van der Waals surface area contributed by atoms with E-state index in [-0.39, 0.29) is 12.1 Å². The van der Waals surface area contributed by atoms with Crippen molar-refractivity contribution in [2.75, 3.05) is 6.61 Å². The van der Waals surface area contributed by atoms with Gasteiger partial charge in [-0.1, -0.05) is 51.1 Å². The van der Waals surface area contributed by atoms with Crippen LogP contribution in [0.5, 0.6) is 0 Å². The molecule has 0 aromatic heterocycles. The standard InChI is InChI=1S/C17H27NO/c1-14-9-16(2,3)12-17(10-14,13-19)18-11-15-7-5-4-6-8-15/h4-8,14,18-19H,9-13H2,1-3H3. The molecule has 106 valence electrons. The van der Waals surface area contributed by atoms with Crippen LogP contribution in [0.1, 0.15) is 45.6 Å². The summed E-state index contributed by atoms with van der Waals surface area (Å²) < 4.78 is 0. The molecule has 0 heterocycles. The van der Waals surface area contributed by atoms with E-state index in [2.05, 4.69) is 50.4 Å². The highest BCUT2D eigenvalue weighted by Crippen LogP contribution is 2.43. The van der Waals surface area contributed by atoms with Crippen LogP contribution in [-0.4, -0.2) is 17.3 Å². The second kappa shape index (κ2) is 5.64. The van der Waals surface area contributed by atoms with E-state index in [9.17, 15) is 5.11 Å². The summed E-state index contributed by atoms with van der Waals surface area (Å²) in [7, 11) is 0. The van der Waals surface area contributed by atoms with Crippen molar-refractivity contribution in [1.29, 1.82) is 0 Å². The molecule has 1 aromatic rings. The first-order chi connectivity index (χ1) is 8.95. The zero-order valence-electron chi connectivity index (χ0n) is 12.4. The summed E-state index contributed by atoms with van der Waals surface area (Å²) in [5.41, 5.74) is 1.48. The maximum atomic E-state index is 9.91. The fraction of sp³-hybridized carbons (Fsp3) is 0.647. The van der Waals surface area contributed by atoms with Gasteiger partial charge in [-0.05, 0) is 36.2 Å². The summed E-state index contributed by atoms with van der Waals surface area (Å²) in [6.07, 6.45) is 3.37. The van der Waals surface area contributed by atoms with E-state index in [0.29, 0.717) is 11.3 Å². The van der Waals surface area contributed by atoms with Crippen LogP contribution in [0.25, 0.3) is 0 Å². The third-order valence-electron chi connectivity index (χ3n) is 4.27. The lowest BCUT2D eigenvalue weighted by molar-refractivity contribution is 0.0352. The first-order valence-electron chi connectivity index (χ1n) is 7.35. The van der Waals surface area contributed by atoms with Gasteiger partial charge in [0.05, 0.1) is 6.61 Å². The van der Waals surface area contributed by atoms with E-state index in [4.69, 9.17) is 0 Å². The molecule has 2 rings (SSSR count). The molecule has 0 amide bonds. The Labute approximate surface area is 117 Å². The van der Waals surface area contributed by atoms with Gasteiger partial charge in [0.1, 0.15) is 0 Å². The Morgan fingerprint density at radius 3 is 2.47 bits per heavy atom. The third-order valence-corrected chi connectivity index (χ3v) is 4.27. The molecule has 0 aliphatic heterocycles. The minimum Gasteiger partial charge on any atom is -0.394 e. The Hall–Kier alpha value is -0.860. The average molecular weight is 261 g/mol. The molecule has 0 spiro atoms. The van der Waals surface area contributed by atoms with Crippen LogP contribution in [0.3, 0.4) is 0 Å². The topological polar surface area (TPSA) is 32.3 Å². The minimum atomic E-state index is -0.114. The maximum absolute atomic E-state index is 9.91. The van der Waals surface area contributed by atoms with Gasteiger partial charge in [-0.15, -0.1) is 0 Å². The monoisotopic (exact) mass is 261 g/mol. The number of benzene rings is 1. The Morgan fingerprint density at radius 2 is 1.89 bits per heavy atom. The molecule has 19 heavy (non-hydrogen) atoms. The molecule has 1 saturated carbocycles. The largest absolute Gasteiger partial charge is 0.394 e. The summed E-state index contributed by atoms with van der Waals surface area (Å²) in [5.74, 6) is 0.666. The van der Waals surface area contributed by atoms with Crippen LogP contribution in [0.15, 0.2) is 30.3 Å². The summed E-state index contributed by atoms with van der Waals surface area (Å²) in [6, 6.07) is 10.4. The first-order valence-corrected chi connectivity index (χ1v) is 7.35. The number of aliphatic hydroxyl groups excluding tert-OH is 1. The number of aliphatic hydroxyl groups is 1. The van der Waals surface area contributed by atoms with E-state index in [0.717, 1.165) is 19.4 Å². The van der Waals surface area contributed by atoms with Crippen molar-refractivity contribution in [2.24, 2.45) is 11.3 Å². The third kappa shape index (κ3) is 3.80. The lowest BCUT2D eigenvalue weighted by atomic mass is 9.64. The lowest BCUT2D eigenvalue weighted by Crippen LogP contribution is -2.54. The first kappa shape index (κ1) is 14.5. The molecule has 2 unspecified atom stereocenters. The van der Waals surface area contributed by atoms with Crippen molar-refractivity contribution in [1.82, 2.24) is 5.32 Å². The summed E-state index contributed by atoms with van der Waals surface area (Å²) in [6.45, 7) is 8.00. The molecule has 1 aromatic carbocycles. The van der Waals surface area contributed by atoms with Crippen LogP contribution >= 0.6 is 0 Å². The Balaban J connectivity index is 2.05. The number of hydrogen-bond acceptors (Lipinski definition) is 2. The van der Waals surface area contributed by atoms with Crippen LogP contribution in [0, 0.1) is 11.3 Å². The van der Waals surface area contributed by atoms with Crippen molar-refractivity contribution >= 4 is 0 Å². The molecule has 1 fully saturated rings. The van der Waals surface area contributed by atoms with Gasteiger partial charge in [0.15, 0.2) is 0 Å². The van der Waals surface area contributed by atoms with E-state index in [1.807, 2.05) is 6.07 Å². The lowest BCUT2D eigenvalue weighted by Gasteiger charge is -2.47. The second-order valence-electron chi connectivity index (χ2n) is 7.13. The van der Waals surface area contributed by atoms with Gasteiger partial charge in [-0.2, -0.15) is 0 Å². The summed E-state index contributed by atoms with van der Waals surface area (Å²) in [4.78, 5) is 0.